The smallest absolute Gasteiger partial charge is 0.376 e. The van der Waals surface area contributed by atoms with Crippen molar-refractivity contribution in [2.24, 2.45) is 0 Å². The first-order valence-corrected chi connectivity index (χ1v) is 8.48. The van der Waals surface area contributed by atoms with Gasteiger partial charge in [-0.05, 0) is 17.7 Å². The maximum atomic E-state index is 14.5. The molecule has 0 bridgehead atoms. The number of benzene rings is 1. The molecule has 0 spiro atoms. The predicted octanol–water partition coefficient (Wildman–Crippen LogP) is 1.82. The standard InChI is InChI=1S/C13H12F5N3O3S/c1-25(23,24)13(17,18)11(22,6-21-8-19-7-20-21)9-2-4-10(5-3-9)12(14,15)16/h2-5,7-8,22H,6H2,1H3/t11-/m1/s1. The van der Waals surface area contributed by atoms with Crippen LogP contribution in [0.2, 0.25) is 0 Å². The monoisotopic (exact) mass is 385 g/mol. The van der Waals surface area contributed by atoms with Crippen molar-refractivity contribution < 1.29 is 35.5 Å². The first-order chi connectivity index (χ1) is 11.3. The van der Waals surface area contributed by atoms with Crippen LogP contribution in [0.4, 0.5) is 22.0 Å². The number of alkyl halides is 5. The fraction of sp³-hybridized carbons (Fsp3) is 0.385. The van der Waals surface area contributed by atoms with E-state index in [4.69, 9.17) is 0 Å². The van der Waals surface area contributed by atoms with Crippen LogP contribution in [0, 0.1) is 0 Å². The lowest BCUT2D eigenvalue weighted by Gasteiger charge is -2.34. The maximum absolute atomic E-state index is 14.5. The van der Waals surface area contributed by atoms with Crippen LogP contribution < -0.4 is 0 Å². The summed E-state index contributed by atoms with van der Waals surface area (Å²) in [6.07, 6.45) is -2.59. The van der Waals surface area contributed by atoms with Gasteiger partial charge >= 0.3 is 11.4 Å². The topological polar surface area (TPSA) is 85.1 Å². The number of aromatic nitrogens is 3. The molecule has 1 heterocycles. The Morgan fingerprint density at radius 1 is 1.08 bits per heavy atom. The summed E-state index contributed by atoms with van der Waals surface area (Å²) in [5.41, 5.74) is -5.22. The Bertz CT molecular complexity index is 835. The summed E-state index contributed by atoms with van der Waals surface area (Å²) in [5, 5.41) is 9.33. The van der Waals surface area contributed by atoms with Gasteiger partial charge in [-0.15, -0.1) is 0 Å². The fourth-order valence-electron chi connectivity index (χ4n) is 2.14. The van der Waals surface area contributed by atoms with E-state index in [1.165, 1.54) is 0 Å². The zero-order chi connectivity index (χ0) is 19.1. The van der Waals surface area contributed by atoms with Crippen LogP contribution >= 0.6 is 0 Å². The SMILES string of the molecule is CS(=O)(=O)C(F)(F)[C@@](O)(Cn1cncn1)c1ccc(C(F)(F)F)cc1. The Balaban J connectivity index is 2.59. The van der Waals surface area contributed by atoms with E-state index in [0.717, 1.165) is 17.3 Å². The molecule has 0 radical (unpaired) electrons. The molecule has 0 aliphatic rings. The molecule has 25 heavy (non-hydrogen) atoms. The number of halogens is 5. The van der Waals surface area contributed by atoms with E-state index in [0.29, 0.717) is 24.3 Å². The molecular formula is C13H12F5N3O3S. The average molecular weight is 385 g/mol. The Morgan fingerprint density at radius 2 is 1.60 bits per heavy atom. The molecule has 1 aromatic carbocycles. The molecule has 2 rings (SSSR count). The average Bonchev–Trinajstić information content (AvgIpc) is 2.97. The summed E-state index contributed by atoms with van der Waals surface area (Å²) in [6, 6.07) is 2.14. The van der Waals surface area contributed by atoms with E-state index in [1.807, 2.05) is 0 Å². The van der Waals surface area contributed by atoms with Gasteiger partial charge in [-0.2, -0.15) is 27.1 Å². The minimum absolute atomic E-state index is 0.212. The van der Waals surface area contributed by atoms with Gasteiger partial charge in [-0.3, -0.25) is 0 Å². The summed E-state index contributed by atoms with van der Waals surface area (Å²) < 4.78 is 90.5. The number of rotatable bonds is 5. The van der Waals surface area contributed by atoms with Crippen LogP contribution in [0.25, 0.3) is 0 Å². The third-order valence-electron chi connectivity index (χ3n) is 3.49. The van der Waals surface area contributed by atoms with E-state index >= 15 is 0 Å². The van der Waals surface area contributed by atoms with Gasteiger partial charge in [0.15, 0.2) is 5.60 Å². The molecule has 0 aliphatic heterocycles. The van der Waals surface area contributed by atoms with Crippen LogP contribution in [0.1, 0.15) is 11.1 Å². The van der Waals surface area contributed by atoms with Crippen molar-refractivity contribution in [3.8, 4) is 0 Å². The minimum Gasteiger partial charge on any atom is -0.376 e. The highest BCUT2D eigenvalue weighted by atomic mass is 32.2. The highest BCUT2D eigenvalue weighted by Crippen LogP contribution is 2.43. The van der Waals surface area contributed by atoms with Crippen molar-refractivity contribution in [3.63, 3.8) is 0 Å². The summed E-state index contributed by atoms with van der Waals surface area (Å²) in [5.74, 6) is 0. The van der Waals surface area contributed by atoms with Crippen LogP contribution in [0.5, 0.6) is 0 Å². The van der Waals surface area contributed by atoms with Crippen molar-refractivity contribution in [3.05, 3.63) is 48.0 Å². The Morgan fingerprint density at radius 3 is 2.00 bits per heavy atom. The second-order valence-electron chi connectivity index (χ2n) is 5.32. The third-order valence-corrected chi connectivity index (χ3v) is 4.76. The van der Waals surface area contributed by atoms with Crippen molar-refractivity contribution >= 4 is 9.84 Å². The molecule has 0 amide bonds. The molecule has 6 nitrogen and oxygen atoms in total. The van der Waals surface area contributed by atoms with Gasteiger partial charge in [0.1, 0.15) is 12.7 Å². The summed E-state index contributed by atoms with van der Waals surface area (Å²) in [6.45, 7) is -1.04. The van der Waals surface area contributed by atoms with Crippen LogP contribution in [-0.4, -0.2) is 39.8 Å². The van der Waals surface area contributed by atoms with Crippen molar-refractivity contribution in [2.45, 2.75) is 23.6 Å². The quantitative estimate of drug-likeness (QED) is 0.794. The molecule has 0 fully saturated rings. The molecule has 12 heteroatoms. The zero-order valence-electron chi connectivity index (χ0n) is 12.6. The maximum Gasteiger partial charge on any atom is 0.416 e. The van der Waals surface area contributed by atoms with Crippen molar-refractivity contribution in [1.29, 1.82) is 0 Å². The molecule has 0 saturated carbocycles. The lowest BCUT2D eigenvalue weighted by Crippen LogP contribution is -2.53. The number of sulfone groups is 1. The van der Waals surface area contributed by atoms with Gasteiger partial charge in [-0.25, -0.2) is 18.1 Å². The molecule has 1 atom stereocenters. The van der Waals surface area contributed by atoms with Gasteiger partial charge in [0, 0.05) is 6.26 Å². The van der Waals surface area contributed by atoms with Gasteiger partial charge in [0.2, 0.25) is 9.84 Å². The second kappa shape index (κ2) is 6.02. The van der Waals surface area contributed by atoms with E-state index in [1.54, 1.807) is 0 Å². The zero-order valence-corrected chi connectivity index (χ0v) is 13.4. The van der Waals surface area contributed by atoms with E-state index in [9.17, 15) is 35.5 Å². The summed E-state index contributed by atoms with van der Waals surface area (Å²) in [7, 11) is -5.12. The highest BCUT2D eigenvalue weighted by molar-refractivity contribution is 7.91. The third kappa shape index (κ3) is 3.49. The predicted molar refractivity (Wildman–Crippen MR) is 75.2 cm³/mol. The van der Waals surface area contributed by atoms with Crippen molar-refractivity contribution in [1.82, 2.24) is 14.8 Å². The largest absolute Gasteiger partial charge is 0.416 e. The van der Waals surface area contributed by atoms with Crippen LogP contribution in [0.3, 0.4) is 0 Å². The minimum atomic E-state index is -5.12. The highest BCUT2D eigenvalue weighted by Gasteiger charge is 2.61. The van der Waals surface area contributed by atoms with Gasteiger partial charge < -0.3 is 5.11 Å². The molecule has 138 valence electrons. The second-order valence-corrected chi connectivity index (χ2v) is 7.37. The molecule has 1 aromatic heterocycles. The first kappa shape index (κ1) is 19.2. The summed E-state index contributed by atoms with van der Waals surface area (Å²) in [4.78, 5) is 3.49. The van der Waals surface area contributed by atoms with Gasteiger partial charge in [0.05, 0.1) is 12.1 Å². The number of nitrogens with zero attached hydrogens (tertiary/aromatic N) is 3. The summed E-state index contributed by atoms with van der Waals surface area (Å²) >= 11 is 0. The molecule has 0 unspecified atom stereocenters. The molecule has 1 N–H and O–H groups in total. The molecule has 0 saturated heterocycles. The molecule has 0 aliphatic carbocycles. The normalized spacial score (nSPS) is 15.8. The Labute approximate surface area is 138 Å². The van der Waals surface area contributed by atoms with Gasteiger partial charge in [0.25, 0.3) is 0 Å². The molecular weight excluding hydrogens is 373 g/mol. The van der Waals surface area contributed by atoms with Gasteiger partial charge in [-0.1, -0.05) is 12.1 Å². The number of hydrogen-bond donors (Lipinski definition) is 1. The lowest BCUT2D eigenvalue weighted by atomic mass is 9.92. The van der Waals surface area contributed by atoms with E-state index in [-0.39, 0.29) is 6.26 Å². The lowest BCUT2D eigenvalue weighted by molar-refractivity contribution is -0.144. The van der Waals surface area contributed by atoms with E-state index < -0.39 is 44.5 Å². The van der Waals surface area contributed by atoms with E-state index in [2.05, 4.69) is 10.1 Å². The van der Waals surface area contributed by atoms with Crippen LogP contribution in [-0.2, 0) is 28.2 Å². The number of hydrogen-bond acceptors (Lipinski definition) is 5. The first-order valence-electron chi connectivity index (χ1n) is 6.59. The Kier molecular flexibility index (Phi) is 4.63. The van der Waals surface area contributed by atoms with Crippen LogP contribution in [0.15, 0.2) is 36.9 Å². The fourth-order valence-corrected chi connectivity index (χ4v) is 2.94. The van der Waals surface area contributed by atoms with Crippen molar-refractivity contribution in [2.75, 3.05) is 6.26 Å². The molecule has 2 aromatic rings. The number of aliphatic hydroxyl groups is 1. The Hall–Kier alpha value is -2.08.